The first-order chi connectivity index (χ1) is 9.27. The second kappa shape index (κ2) is 5.33. The molecule has 0 spiro atoms. The predicted octanol–water partition coefficient (Wildman–Crippen LogP) is 1.93. The molecule has 2 atom stereocenters. The van der Waals surface area contributed by atoms with Crippen molar-refractivity contribution in [2.45, 2.75) is 38.1 Å². The molecule has 1 unspecified atom stereocenters. The van der Waals surface area contributed by atoms with Crippen LogP contribution in [0.1, 0.15) is 36.8 Å². The molecule has 19 heavy (non-hydrogen) atoms. The van der Waals surface area contributed by atoms with Gasteiger partial charge in [-0.25, -0.2) is 0 Å². The normalized spacial score (nSPS) is 26.9. The molecule has 1 aromatic rings. The molecule has 0 aromatic heterocycles. The van der Waals surface area contributed by atoms with E-state index in [1.54, 1.807) is 0 Å². The van der Waals surface area contributed by atoms with Crippen LogP contribution >= 0.6 is 0 Å². The lowest BCUT2D eigenvalue weighted by Crippen LogP contribution is -2.53. The molecular weight excluding hydrogens is 236 g/mol. The highest BCUT2D eigenvalue weighted by Gasteiger charge is 2.32. The molecular formula is C16H22N2O. The minimum Gasteiger partial charge on any atom is -0.337 e. The third-order valence-electron chi connectivity index (χ3n) is 4.45. The van der Waals surface area contributed by atoms with E-state index in [0.717, 1.165) is 38.9 Å². The Morgan fingerprint density at radius 2 is 2.21 bits per heavy atom. The van der Waals surface area contributed by atoms with Gasteiger partial charge in [-0.2, -0.15) is 0 Å². The molecule has 1 aromatic carbocycles. The number of nitrogens with zero attached hydrogens (tertiary/aromatic N) is 1. The molecule has 1 N–H and O–H groups in total. The molecule has 0 saturated carbocycles. The maximum absolute atomic E-state index is 12.8. The average Bonchev–Trinajstić information content (AvgIpc) is 2.46. The fraction of sp³-hybridized carbons (Fsp3) is 0.562. The number of carbonyl (C=O) groups excluding carboxylic acids is 1. The number of benzene rings is 1. The highest BCUT2D eigenvalue weighted by molar-refractivity contribution is 5.84. The Morgan fingerprint density at radius 1 is 1.37 bits per heavy atom. The Hall–Kier alpha value is -1.35. The summed E-state index contributed by atoms with van der Waals surface area (Å²) in [5.41, 5.74) is 2.64. The number of fused-ring (bicyclic) bond motifs is 1. The summed E-state index contributed by atoms with van der Waals surface area (Å²) in [6.45, 7) is 4.82. The van der Waals surface area contributed by atoms with Gasteiger partial charge in [0.1, 0.15) is 0 Å². The van der Waals surface area contributed by atoms with Gasteiger partial charge >= 0.3 is 0 Å². The van der Waals surface area contributed by atoms with E-state index >= 15 is 0 Å². The van der Waals surface area contributed by atoms with Crippen molar-refractivity contribution in [2.75, 3.05) is 19.6 Å². The van der Waals surface area contributed by atoms with Gasteiger partial charge in [-0.05, 0) is 37.3 Å². The summed E-state index contributed by atoms with van der Waals surface area (Å²) in [5.74, 6) is 0.423. The average molecular weight is 258 g/mol. The molecule has 102 valence electrons. The second-order valence-electron chi connectivity index (χ2n) is 5.73. The van der Waals surface area contributed by atoms with E-state index in [4.69, 9.17) is 0 Å². The Kier molecular flexibility index (Phi) is 3.56. The van der Waals surface area contributed by atoms with E-state index in [9.17, 15) is 4.79 Å². The highest BCUT2D eigenvalue weighted by Crippen LogP contribution is 2.33. The van der Waals surface area contributed by atoms with Crippen LogP contribution in [0.5, 0.6) is 0 Å². The van der Waals surface area contributed by atoms with Crippen molar-refractivity contribution < 1.29 is 4.79 Å². The van der Waals surface area contributed by atoms with Crippen LogP contribution in [-0.2, 0) is 11.2 Å². The van der Waals surface area contributed by atoms with Gasteiger partial charge in [0.15, 0.2) is 0 Å². The van der Waals surface area contributed by atoms with Crippen molar-refractivity contribution in [1.29, 1.82) is 0 Å². The lowest BCUT2D eigenvalue weighted by Gasteiger charge is -2.37. The van der Waals surface area contributed by atoms with Crippen LogP contribution in [0.15, 0.2) is 24.3 Å². The third kappa shape index (κ3) is 2.39. The molecule has 3 rings (SSSR count). The Balaban J connectivity index is 1.84. The smallest absolute Gasteiger partial charge is 0.230 e. The topological polar surface area (TPSA) is 32.3 Å². The number of nitrogens with one attached hydrogen (secondary N) is 1. The zero-order valence-corrected chi connectivity index (χ0v) is 11.6. The first-order valence-corrected chi connectivity index (χ1v) is 7.36. The maximum Gasteiger partial charge on any atom is 0.230 e. The van der Waals surface area contributed by atoms with Gasteiger partial charge < -0.3 is 10.2 Å². The standard InChI is InChI=1S/C16H22N2O/c1-12-11-17-9-10-18(12)16(19)15-8-4-6-13-5-2-3-7-14(13)15/h2-3,5,7,12,15,17H,4,6,8-11H2,1H3/t12-,15?/m0/s1. The molecule has 1 saturated heterocycles. The van der Waals surface area contributed by atoms with E-state index in [-0.39, 0.29) is 5.92 Å². The Labute approximate surface area is 115 Å². The summed E-state index contributed by atoms with van der Waals surface area (Å²) < 4.78 is 0. The Bertz CT molecular complexity index is 472. The number of aryl methyl sites for hydroxylation is 1. The number of amides is 1. The number of carbonyl (C=O) groups is 1. The Morgan fingerprint density at radius 3 is 3.05 bits per heavy atom. The number of rotatable bonds is 1. The first-order valence-electron chi connectivity index (χ1n) is 7.36. The van der Waals surface area contributed by atoms with Crippen LogP contribution in [0.2, 0.25) is 0 Å². The third-order valence-corrected chi connectivity index (χ3v) is 4.45. The van der Waals surface area contributed by atoms with E-state index in [1.807, 2.05) is 0 Å². The van der Waals surface area contributed by atoms with Gasteiger partial charge in [0, 0.05) is 25.7 Å². The van der Waals surface area contributed by atoms with Crippen molar-refractivity contribution in [1.82, 2.24) is 10.2 Å². The molecule has 1 amide bonds. The molecule has 1 fully saturated rings. The zero-order valence-electron chi connectivity index (χ0n) is 11.6. The molecule has 2 aliphatic rings. The van der Waals surface area contributed by atoms with Crippen molar-refractivity contribution in [2.24, 2.45) is 0 Å². The van der Waals surface area contributed by atoms with Crippen molar-refractivity contribution in [3.8, 4) is 0 Å². The number of hydrogen-bond acceptors (Lipinski definition) is 2. The van der Waals surface area contributed by atoms with Crippen LogP contribution < -0.4 is 5.32 Å². The first kappa shape index (κ1) is 12.7. The van der Waals surface area contributed by atoms with Gasteiger partial charge in [0.25, 0.3) is 0 Å². The largest absolute Gasteiger partial charge is 0.337 e. The highest BCUT2D eigenvalue weighted by atomic mass is 16.2. The molecule has 1 aliphatic carbocycles. The molecule has 1 aliphatic heterocycles. The summed E-state index contributed by atoms with van der Waals surface area (Å²) >= 11 is 0. The molecule has 0 bridgehead atoms. The minimum absolute atomic E-state index is 0.0884. The molecule has 1 heterocycles. The van der Waals surface area contributed by atoms with Crippen LogP contribution in [0.25, 0.3) is 0 Å². The maximum atomic E-state index is 12.8. The van der Waals surface area contributed by atoms with Crippen molar-refractivity contribution >= 4 is 5.91 Å². The molecule has 0 radical (unpaired) electrons. The summed E-state index contributed by atoms with van der Waals surface area (Å²) in [6.07, 6.45) is 3.26. The SMILES string of the molecule is C[C@H]1CNCCN1C(=O)C1CCCc2ccccc21. The van der Waals surface area contributed by atoms with E-state index in [1.165, 1.54) is 11.1 Å². The predicted molar refractivity (Wildman–Crippen MR) is 76.2 cm³/mol. The van der Waals surface area contributed by atoms with Crippen LogP contribution in [-0.4, -0.2) is 36.5 Å². The monoisotopic (exact) mass is 258 g/mol. The van der Waals surface area contributed by atoms with Gasteiger partial charge in [0.05, 0.1) is 5.92 Å². The summed E-state index contributed by atoms with van der Waals surface area (Å²) in [6, 6.07) is 8.78. The summed E-state index contributed by atoms with van der Waals surface area (Å²) in [4.78, 5) is 14.9. The molecule has 3 nitrogen and oxygen atoms in total. The van der Waals surface area contributed by atoms with Crippen molar-refractivity contribution in [3.63, 3.8) is 0 Å². The van der Waals surface area contributed by atoms with Crippen LogP contribution in [0, 0.1) is 0 Å². The minimum atomic E-state index is 0.0884. The van der Waals surface area contributed by atoms with E-state index in [0.29, 0.717) is 11.9 Å². The zero-order chi connectivity index (χ0) is 13.2. The van der Waals surface area contributed by atoms with Crippen molar-refractivity contribution in [3.05, 3.63) is 35.4 Å². The van der Waals surface area contributed by atoms with Gasteiger partial charge in [-0.15, -0.1) is 0 Å². The fourth-order valence-electron chi connectivity index (χ4n) is 3.38. The number of piperazine rings is 1. The van der Waals surface area contributed by atoms with Gasteiger partial charge in [-0.1, -0.05) is 24.3 Å². The summed E-state index contributed by atoms with van der Waals surface area (Å²) in [7, 11) is 0. The number of hydrogen-bond donors (Lipinski definition) is 1. The van der Waals surface area contributed by atoms with Crippen LogP contribution in [0.4, 0.5) is 0 Å². The summed E-state index contributed by atoms with van der Waals surface area (Å²) in [5, 5.41) is 3.35. The fourth-order valence-corrected chi connectivity index (χ4v) is 3.38. The second-order valence-corrected chi connectivity index (χ2v) is 5.73. The quantitative estimate of drug-likeness (QED) is 0.835. The van der Waals surface area contributed by atoms with Gasteiger partial charge in [-0.3, -0.25) is 4.79 Å². The van der Waals surface area contributed by atoms with E-state index in [2.05, 4.69) is 41.4 Å². The molecule has 3 heteroatoms. The van der Waals surface area contributed by atoms with Crippen LogP contribution in [0.3, 0.4) is 0 Å². The van der Waals surface area contributed by atoms with Gasteiger partial charge in [0.2, 0.25) is 5.91 Å². The lowest BCUT2D eigenvalue weighted by atomic mass is 9.82. The van der Waals surface area contributed by atoms with E-state index < -0.39 is 0 Å². The lowest BCUT2D eigenvalue weighted by molar-refractivity contribution is -0.136.